The highest BCUT2D eigenvalue weighted by Crippen LogP contribution is 2.23. The number of nitrogens with one attached hydrogen (secondary N) is 2. The summed E-state index contributed by atoms with van der Waals surface area (Å²) in [6.07, 6.45) is 4.11. The largest absolute Gasteiger partial charge is 0.496 e. The topological polar surface area (TPSA) is 63.2 Å². The number of hydrogen-bond acceptors (Lipinski definition) is 4. The molecular weight excluding hydrogens is 362 g/mol. The predicted octanol–water partition coefficient (Wildman–Crippen LogP) is 4.92. The van der Waals surface area contributed by atoms with Crippen molar-refractivity contribution in [2.75, 3.05) is 24.3 Å². The van der Waals surface area contributed by atoms with Crippen molar-refractivity contribution in [2.24, 2.45) is 0 Å². The van der Waals surface area contributed by atoms with Gasteiger partial charge < -0.3 is 15.4 Å². The SMILES string of the molecule is COc1ccccc1CCNc1cncc(C(=O)Nc2c(C)cc(C)cc2C)c1. The second kappa shape index (κ2) is 9.24. The quantitative estimate of drug-likeness (QED) is 0.602. The number of ether oxygens (including phenoxy) is 1. The third kappa shape index (κ3) is 5.13. The van der Waals surface area contributed by atoms with E-state index in [1.54, 1.807) is 19.5 Å². The number of carbonyl (C=O) groups is 1. The zero-order valence-corrected chi connectivity index (χ0v) is 17.4. The fourth-order valence-electron chi connectivity index (χ4n) is 3.47. The van der Waals surface area contributed by atoms with Gasteiger partial charge >= 0.3 is 0 Å². The molecule has 3 rings (SSSR count). The van der Waals surface area contributed by atoms with Gasteiger partial charge in [0.2, 0.25) is 0 Å². The fraction of sp³-hybridized carbons (Fsp3) is 0.250. The third-order valence-electron chi connectivity index (χ3n) is 4.83. The minimum atomic E-state index is -0.166. The van der Waals surface area contributed by atoms with Crippen molar-refractivity contribution in [2.45, 2.75) is 27.2 Å². The first kappa shape index (κ1) is 20.4. The van der Waals surface area contributed by atoms with Crippen molar-refractivity contribution >= 4 is 17.3 Å². The lowest BCUT2D eigenvalue weighted by atomic mass is 10.0. The van der Waals surface area contributed by atoms with Crippen LogP contribution in [0.5, 0.6) is 5.75 Å². The molecule has 0 saturated carbocycles. The van der Waals surface area contributed by atoms with Crippen molar-refractivity contribution < 1.29 is 9.53 Å². The number of rotatable bonds is 7. The molecule has 150 valence electrons. The van der Waals surface area contributed by atoms with Crippen LogP contribution in [0, 0.1) is 20.8 Å². The summed E-state index contributed by atoms with van der Waals surface area (Å²) in [7, 11) is 1.68. The zero-order valence-electron chi connectivity index (χ0n) is 17.4. The predicted molar refractivity (Wildman–Crippen MR) is 118 cm³/mol. The molecule has 0 fully saturated rings. The normalized spacial score (nSPS) is 10.5. The van der Waals surface area contributed by atoms with E-state index >= 15 is 0 Å². The van der Waals surface area contributed by atoms with Crippen molar-refractivity contribution in [1.82, 2.24) is 4.98 Å². The summed E-state index contributed by atoms with van der Waals surface area (Å²) in [6.45, 7) is 6.77. The second-order valence-corrected chi connectivity index (χ2v) is 7.18. The molecule has 5 heteroatoms. The molecule has 0 radical (unpaired) electrons. The molecule has 0 bridgehead atoms. The Balaban J connectivity index is 1.65. The molecule has 0 saturated heterocycles. The van der Waals surface area contributed by atoms with E-state index in [-0.39, 0.29) is 5.91 Å². The van der Waals surface area contributed by atoms with E-state index in [0.717, 1.165) is 40.2 Å². The van der Waals surface area contributed by atoms with E-state index in [0.29, 0.717) is 12.1 Å². The maximum atomic E-state index is 12.7. The van der Waals surface area contributed by atoms with E-state index in [1.165, 1.54) is 5.56 Å². The number of aromatic nitrogens is 1. The average Bonchev–Trinajstić information content (AvgIpc) is 2.71. The molecular formula is C24H27N3O2. The lowest BCUT2D eigenvalue weighted by Gasteiger charge is -2.13. The van der Waals surface area contributed by atoms with Crippen LogP contribution in [-0.4, -0.2) is 24.5 Å². The Kier molecular flexibility index (Phi) is 6.50. The Labute approximate surface area is 172 Å². The van der Waals surface area contributed by atoms with E-state index in [9.17, 15) is 4.79 Å². The Morgan fingerprint density at radius 3 is 2.48 bits per heavy atom. The van der Waals surface area contributed by atoms with Crippen LogP contribution < -0.4 is 15.4 Å². The summed E-state index contributed by atoms with van der Waals surface area (Å²) in [4.78, 5) is 17.0. The molecule has 0 unspecified atom stereocenters. The van der Waals surface area contributed by atoms with Crippen LogP contribution in [0.15, 0.2) is 54.9 Å². The van der Waals surface area contributed by atoms with Crippen molar-refractivity contribution in [3.8, 4) is 5.75 Å². The highest BCUT2D eigenvalue weighted by atomic mass is 16.5. The van der Waals surface area contributed by atoms with Gasteiger partial charge in [-0.15, -0.1) is 0 Å². The van der Waals surface area contributed by atoms with Gasteiger partial charge in [0.1, 0.15) is 5.75 Å². The number of nitrogens with zero attached hydrogens (tertiary/aromatic N) is 1. The number of para-hydroxylation sites is 1. The number of benzene rings is 2. The maximum absolute atomic E-state index is 12.7. The molecule has 0 aliphatic heterocycles. The van der Waals surface area contributed by atoms with Crippen LogP contribution in [0.1, 0.15) is 32.6 Å². The maximum Gasteiger partial charge on any atom is 0.257 e. The lowest BCUT2D eigenvalue weighted by molar-refractivity contribution is 0.102. The molecule has 1 aromatic heterocycles. The number of hydrogen-bond donors (Lipinski definition) is 2. The molecule has 0 aliphatic rings. The van der Waals surface area contributed by atoms with Crippen LogP contribution in [0.25, 0.3) is 0 Å². The smallest absolute Gasteiger partial charge is 0.257 e. The second-order valence-electron chi connectivity index (χ2n) is 7.18. The van der Waals surface area contributed by atoms with Gasteiger partial charge in [0.25, 0.3) is 5.91 Å². The Morgan fingerprint density at radius 2 is 1.76 bits per heavy atom. The first-order chi connectivity index (χ1) is 14.0. The Bertz CT molecular complexity index is 992. The van der Waals surface area contributed by atoms with Gasteiger partial charge in [-0.25, -0.2) is 0 Å². The summed E-state index contributed by atoms with van der Waals surface area (Å²) in [5.74, 6) is 0.713. The summed E-state index contributed by atoms with van der Waals surface area (Å²) in [5, 5.41) is 6.36. The molecule has 0 atom stereocenters. The average molecular weight is 389 g/mol. The molecule has 2 N–H and O–H groups in total. The van der Waals surface area contributed by atoms with Crippen LogP contribution in [0.2, 0.25) is 0 Å². The minimum absolute atomic E-state index is 0.166. The van der Waals surface area contributed by atoms with Crippen molar-refractivity contribution in [3.05, 3.63) is 82.7 Å². The molecule has 29 heavy (non-hydrogen) atoms. The summed E-state index contributed by atoms with van der Waals surface area (Å²) in [6, 6.07) is 13.9. The summed E-state index contributed by atoms with van der Waals surface area (Å²) < 4.78 is 5.39. The molecule has 1 heterocycles. The van der Waals surface area contributed by atoms with E-state index in [4.69, 9.17) is 4.74 Å². The monoisotopic (exact) mass is 389 g/mol. The van der Waals surface area contributed by atoms with Crippen molar-refractivity contribution in [1.29, 1.82) is 0 Å². The van der Waals surface area contributed by atoms with Crippen LogP contribution in [0.4, 0.5) is 11.4 Å². The molecule has 3 aromatic rings. The molecule has 0 aliphatic carbocycles. The Morgan fingerprint density at radius 1 is 1.03 bits per heavy atom. The van der Waals surface area contributed by atoms with E-state index < -0.39 is 0 Å². The molecule has 2 aromatic carbocycles. The number of anilines is 2. The van der Waals surface area contributed by atoms with E-state index in [1.807, 2.05) is 38.1 Å². The Hall–Kier alpha value is -3.34. The number of methoxy groups -OCH3 is 1. The summed E-state index contributed by atoms with van der Waals surface area (Å²) >= 11 is 0. The lowest BCUT2D eigenvalue weighted by Crippen LogP contribution is -2.15. The minimum Gasteiger partial charge on any atom is -0.496 e. The van der Waals surface area contributed by atoms with Gasteiger partial charge in [-0.3, -0.25) is 9.78 Å². The molecule has 1 amide bonds. The number of carbonyl (C=O) groups excluding carboxylic acids is 1. The van der Waals surface area contributed by atoms with Gasteiger partial charge in [0.15, 0.2) is 0 Å². The van der Waals surface area contributed by atoms with Gasteiger partial charge in [-0.2, -0.15) is 0 Å². The highest BCUT2D eigenvalue weighted by molar-refractivity contribution is 6.05. The van der Waals surface area contributed by atoms with Gasteiger partial charge in [-0.1, -0.05) is 35.9 Å². The molecule has 5 nitrogen and oxygen atoms in total. The number of pyridine rings is 1. The third-order valence-corrected chi connectivity index (χ3v) is 4.83. The van der Waals surface area contributed by atoms with Gasteiger partial charge in [0, 0.05) is 24.6 Å². The standard InChI is InChI=1S/C24H27N3O2/c1-16-11-17(2)23(18(3)12-16)27-24(28)20-13-21(15-25-14-20)26-10-9-19-7-5-6-8-22(19)29-4/h5-8,11-15,26H,9-10H2,1-4H3,(H,27,28). The number of aryl methyl sites for hydroxylation is 3. The number of amides is 1. The highest BCUT2D eigenvalue weighted by Gasteiger charge is 2.11. The van der Waals surface area contributed by atoms with Crippen LogP contribution in [-0.2, 0) is 6.42 Å². The zero-order chi connectivity index (χ0) is 20.8. The summed E-state index contributed by atoms with van der Waals surface area (Å²) in [5.41, 5.74) is 6.60. The fourth-order valence-corrected chi connectivity index (χ4v) is 3.47. The van der Waals surface area contributed by atoms with Crippen LogP contribution in [0.3, 0.4) is 0 Å². The van der Waals surface area contributed by atoms with Crippen molar-refractivity contribution in [3.63, 3.8) is 0 Å². The first-order valence-electron chi connectivity index (χ1n) is 9.68. The van der Waals surface area contributed by atoms with Crippen LogP contribution >= 0.6 is 0 Å². The first-order valence-corrected chi connectivity index (χ1v) is 9.68. The van der Waals surface area contributed by atoms with E-state index in [2.05, 4.69) is 40.7 Å². The molecule has 0 spiro atoms. The van der Waals surface area contributed by atoms with Gasteiger partial charge in [-0.05, 0) is 56.0 Å². The van der Waals surface area contributed by atoms with Gasteiger partial charge in [0.05, 0.1) is 18.4 Å².